The number of hydrogen-bond donors (Lipinski definition) is 1. The minimum absolute atomic E-state index is 0.00869. The molecule has 0 aliphatic rings. The lowest BCUT2D eigenvalue weighted by molar-refractivity contribution is -0.120. The maximum Gasteiger partial charge on any atom is 0.224 e. The zero-order valence-electron chi connectivity index (χ0n) is 12.1. The summed E-state index contributed by atoms with van der Waals surface area (Å²) in [7, 11) is 0. The van der Waals surface area contributed by atoms with Gasteiger partial charge in [-0.3, -0.25) is 4.79 Å². The molecule has 1 N–H and O–H groups in total. The standard InChI is InChI=1S/C18H18N2O/c1-2-16-5-3-4-6-17(16)13-20-18(21)11-14-7-9-15(12-19)10-8-14/h3-10H,2,11,13H2,1H3,(H,20,21). The summed E-state index contributed by atoms with van der Waals surface area (Å²) in [5.74, 6) is -0.00869. The van der Waals surface area contributed by atoms with Crippen molar-refractivity contribution in [2.24, 2.45) is 0 Å². The van der Waals surface area contributed by atoms with Crippen molar-refractivity contribution in [1.29, 1.82) is 5.26 Å². The largest absolute Gasteiger partial charge is 0.352 e. The minimum Gasteiger partial charge on any atom is -0.352 e. The van der Waals surface area contributed by atoms with Gasteiger partial charge in [0, 0.05) is 6.54 Å². The van der Waals surface area contributed by atoms with Gasteiger partial charge in [-0.25, -0.2) is 0 Å². The van der Waals surface area contributed by atoms with Gasteiger partial charge in [-0.05, 0) is 35.2 Å². The van der Waals surface area contributed by atoms with Crippen molar-refractivity contribution < 1.29 is 4.79 Å². The number of nitrogens with one attached hydrogen (secondary N) is 1. The molecule has 2 aromatic carbocycles. The van der Waals surface area contributed by atoms with Gasteiger partial charge < -0.3 is 5.32 Å². The van der Waals surface area contributed by atoms with E-state index in [-0.39, 0.29) is 5.91 Å². The van der Waals surface area contributed by atoms with E-state index in [1.54, 1.807) is 12.1 Å². The van der Waals surface area contributed by atoms with Crippen molar-refractivity contribution in [2.45, 2.75) is 26.3 Å². The van der Waals surface area contributed by atoms with Crippen LogP contribution in [0.3, 0.4) is 0 Å². The third-order valence-electron chi connectivity index (χ3n) is 3.42. The maximum atomic E-state index is 12.0. The van der Waals surface area contributed by atoms with Crippen LogP contribution in [0.2, 0.25) is 0 Å². The number of carbonyl (C=O) groups excluding carboxylic acids is 1. The lowest BCUT2D eigenvalue weighted by Gasteiger charge is -2.09. The molecule has 0 heterocycles. The van der Waals surface area contributed by atoms with E-state index in [4.69, 9.17) is 5.26 Å². The fourth-order valence-corrected chi connectivity index (χ4v) is 2.21. The van der Waals surface area contributed by atoms with E-state index < -0.39 is 0 Å². The van der Waals surface area contributed by atoms with Crippen molar-refractivity contribution in [3.05, 3.63) is 70.8 Å². The summed E-state index contributed by atoms with van der Waals surface area (Å²) in [6, 6.07) is 17.3. The summed E-state index contributed by atoms with van der Waals surface area (Å²) < 4.78 is 0. The SMILES string of the molecule is CCc1ccccc1CNC(=O)Cc1ccc(C#N)cc1. The molecule has 3 heteroatoms. The van der Waals surface area contributed by atoms with Gasteiger partial charge in [0.1, 0.15) is 0 Å². The Hall–Kier alpha value is -2.60. The Morgan fingerprint density at radius 1 is 1.10 bits per heavy atom. The molecule has 0 aliphatic carbocycles. The first-order valence-electron chi connectivity index (χ1n) is 7.05. The van der Waals surface area contributed by atoms with E-state index >= 15 is 0 Å². The second-order valence-corrected chi connectivity index (χ2v) is 4.88. The number of carbonyl (C=O) groups is 1. The summed E-state index contributed by atoms with van der Waals surface area (Å²) in [6.45, 7) is 2.66. The number of hydrogen-bond acceptors (Lipinski definition) is 2. The summed E-state index contributed by atoms with van der Waals surface area (Å²) in [5.41, 5.74) is 3.94. The van der Waals surface area contributed by atoms with E-state index in [0.29, 0.717) is 18.5 Å². The molecule has 21 heavy (non-hydrogen) atoms. The van der Waals surface area contributed by atoms with Crippen LogP contribution in [0.4, 0.5) is 0 Å². The number of benzene rings is 2. The molecule has 3 nitrogen and oxygen atoms in total. The predicted molar refractivity (Wildman–Crippen MR) is 82.5 cm³/mol. The van der Waals surface area contributed by atoms with Crippen LogP contribution in [0.25, 0.3) is 0 Å². The van der Waals surface area contributed by atoms with E-state index in [2.05, 4.69) is 24.4 Å². The lowest BCUT2D eigenvalue weighted by Crippen LogP contribution is -2.25. The highest BCUT2D eigenvalue weighted by Gasteiger charge is 2.05. The molecule has 2 aromatic rings. The first-order chi connectivity index (χ1) is 10.2. The zero-order valence-corrected chi connectivity index (χ0v) is 12.1. The van der Waals surface area contributed by atoms with Crippen molar-refractivity contribution in [3.63, 3.8) is 0 Å². The summed E-state index contributed by atoms with van der Waals surface area (Å²) >= 11 is 0. The monoisotopic (exact) mass is 278 g/mol. The fourth-order valence-electron chi connectivity index (χ4n) is 2.21. The fraction of sp³-hybridized carbons (Fsp3) is 0.222. The van der Waals surface area contributed by atoms with Gasteiger partial charge in [-0.2, -0.15) is 5.26 Å². The van der Waals surface area contributed by atoms with Crippen molar-refractivity contribution >= 4 is 5.91 Å². The molecule has 0 bridgehead atoms. The number of rotatable bonds is 5. The van der Waals surface area contributed by atoms with Crippen molar-refractivity contribution in [3.8, 4) is 6.07 Å². The Balaban J connectivity index is 1.91. The molecule has 0 fully saturated rings. The number of nitrogens with zero attached hydrogens (tertiary/aromatic N) is 1. The topological polar surface area (TPSA) is 52.9 Å². The first-order valence-corrected chi connectivity index (χ1v) is 7.05. The second-order valence-electron chi connectivity index (χ2n) is 4.88. The highest BCUT2D eigenvalue weighted by Crippen LogP contribution is 2.09. The Morgan fingerprint density at radius 3 is 2.38 bits per heavy atom. The Labute approximate surface area is 125 Å². The molecular formula is C18H18N2O. The van der Waals surface area contributed by atoms with Gasteiger partial charge >= 0.3 is 0 Å². The highest BCUT2D eigenvalue weighted by atomic mass is 16.1. The van der Waals surface area contributed by atoms with E-state index in [1.165, 1.54) is 5.56 Å². The minimum atomic E-state index is -0.00869. The summed E-state index contributed by atoms with van der Waals surface area (Å²) in [5, 5.41) is 11.7. The molecule has 0 unspecified atom stereocenters. The Morgan fingerprint density at radius 2 is 1.76 bits per heavy atom. The summed E-state index contributed by atoms with van der Waals surface area (Å²) in [4.78, 5) is 12.0. The number of aryl methyl sites for hydroxylation is 1. The van der Waals surface area contributed by atoms with E-state index in [9.17, 15) is 4.79 Å². The van der Waals surface area contributed by atoms with Gasteiger partial charge in [0.15, 0.2) is 0 Å². The molecule has 2 rings (SSSR count). The zero-order chi connectivity index (χ0) is 15.1. The van der Waals surface area contributed by atoms with Crippen LogP contribution >= 0.6 is 0 Å². The smallest absolute Gasteiger partial charge is 0.224 e. The van der Waals surface area contributed by atoms with E-state index in [0.717, 1.165) is 17.5 Å². The Kier molecular flexibility index (Phi) is 5.11. The van der Waals surface area contributed by atoms with Gasteiger partial charge in [0.25, 0.3) is 0 Å². The van der Waals surface area contributed by atoms with Crippen LogP contribution in [-0.4, -0.2) is 5.91 Å². The predicted octanol–water partition coefficient (Wildman–Crippen LogP) is 2.98. The molecule has 106 valence electrons. The van der Waals surface area contributed by atoms with Crippen LogP contribution in [0.1, 0.15) is 29.2 Å². The van der Waals surface area contributed by atoms with Crippen LogP contribution < -0.4 is 5.32 Å². The number of nitriles is 1. The van der Waals surface area contributed by atoms with Crippen LogP contribution in [-0.2, 0) is 24.2 Å². The highest BCUT2D eigenvalue weighted by molar-refractivity contribution is 5.78. The molecule has 0 radical (unpaired) electrons. The lowest BCUT2D eigenvalue weighted by atomic mass is 10.1. The van der Waals surface area contributed by atoms with Crippen molar-refractivity contribution in [1.82, 2.24) is 5.32 Å². The average molecular weight is 278 g/mol. The second kappa shape index (κ2) is 7.25. The third-order valence-corrected chi connectivity index (χ3v) is 3.42. The molecule has 0 spiro atoms. The van der Waals surface area contributed by atoms with Crippen molar-refractivity contribution in [2.75, 3.05) is 0 Å². The molecule has 1 amide bonds. The average Bonchev–Trinajstić information content (AvgIpc) is 2.54. The molecular weight excluding hydrogens is 260 g/mol. The molecule has 0 aliphatic heterocycles. The quantitative estimate of drug-likeness (QED) is 0.914. The summed E-state index contributed by atoms with van der Waals surface area (Å²) in [6.07, 6.45) is 1.29. The van der Waals surface area contributed by atoms with Gasteiger partial charge in [0.05, 0.1) is 18.1 Å². The third kappa shape index (κ3) is 4.19. The first kappa shape index (κ1) is 14.8. The number of amides is 1. The van der Waals surface area contributed by atoms with Crippen LogP contribution in [0.15, 0.2) is 48.5 Å². The van der Waals surface area contributed by atoms with E-state index in [1.807, 2.05) is 30.3 Å². The maximum absolute atomic E-state index is 12.0. The molecule has 0 saturated heterocycles. The van der Waals surface area contributed by atoms with Gasteiger partial charge in [-0.1, -0.05) is 43.3 Å². The van der Waals surface area contributed by atoms with Gasteiger partial charge in [0.2, 0.25) is 5.91 Å². The molecule has 0 aromatic heterocycles. The normalized spacial score (nSPS) is 9.90. The molecule has 0 saturated carbocycles. The van der Waals surface area contributed by atoms with Crippen LogP contribution in [0, 0.1) is 11.3 Å². The van der Waals surface area contributed by atoms with Gasteiger partial charge in [-0.15, -0.1) is 0 Å². The Bertz CT molecular complexity index is 654. The molecule has 0 atom stereocenters. The van der Waals surface area contributed by atoms with Crippen LogP contribution in [0.5, 0.6) is 0 Å².